The number of nitrogens with zero attached hydrogens (tertiary/aromatic N) is 4. The van der Waals surface area contributed by atoms with E-state index in [1.54, 1.807) is 7.11 Å². The molecule has 1 atom stereocenters. The summed E-state index contributed by atoms with van der Waals surface area (Å²) in [4.78, 5) is 20.5. The third-order valence-electron chi connectivity index (χ3n) is 6.84. The van der Waals surface area contributed by atoms with Gasteiger partial charge in [0.1, 0.15) is 43.5 Å². The summed E-state index contributed by atoms with van der Waals surface area (Å²) in [5.74, 6) is 0.928. The van der Waals surface area contributed by atoms with Crippen molar-refractivity contribution in [2.24, 2.45) is 0 Å². The lowest BCUT2D eigenvalue weighted by Crippen LogP contribution is -2.30. The summed E-state index contributed by atoms with van der Waals surface area (Å²) in [6.45, 7) is 2.60. The third kappa shape index (κ3) is 5.07. The molecule has 0 saturated heterocycles. The molecule has 5 rings (SSSR count). The second-order valence-corrected chi connectivity index (χ2v) is 9.22. The van der Waals surface area contributed by atoms with Gasteiger partial charge in [0.25, 0.3) is 0 Å². The van der Waals surface area contributed by atoms with E-state index in [1.807, 2.05) is 84.9 Å². The first kappa shape index (κ1) is 27.3. The van der Waals surface area contributed by atoms with Crippen LogP contribution in [0.4, 0.5) is 0 Å². The summed E-state index contributed by atoms with van der Waals surface area (Å²) in [5, 5.41) is 19.5. The molecular formula is C32H26N4O5. The summed E-state index contributed by atoms with van der Waals surface area (Å²) in [6, 6.07) is 27.2. The highest BCUT2D eigenvalue weighted by Crippen LogP contribution is 2.55. The largest absolute Gasteiger partial charge is 0.491 e. The molecule has 0 fully saturated rings. The fourth-order valence-corrected chi connectivity index (χ4v) is 5.13. The van der Waals surface area contributed by atoms with E-state index < -0.39 is 5.41 Å². The number of rotatable bonds is 10. The number of ether oxygens (including phenoxy) is 4. The van der Waals surface area contributed by atoms with Crippen molar-refractivity contribution in [3.63, 3.8) is 0 Å². The molecule has 0 amide bonds. The van der Waals surface area contributed by atoms with Crippen LogP contribution in [-0.4, -0.2) is 49.5 Å². The zero-order valence-electron chi connectivity index (χ0n) is 22.6. The zero-order chi connectivity index (χ0) is 28.8. The molecule has 1 heterocycles. The molecule has 0 N–H and O–H groups in total. The molecule has 0 bridgehead atoms. The highest BCUT2D eigenvalue weighted by molar-refractivity contribution is 5.83. The van der Waals surface area contributed by atoms with Crippen molar-refractivity contribution >= 4 is 5.97 Å². The van der Waals surface area contributed by atoms with Gasteiger partial charge in [-0.15, -0.1) is 0 Å². The van der Waals surface area contributed by atoms with Crippen molar-refractivity contribution in [3.05, 3.63) is 107 Å². The van der Waals surface area contributed by atoms with Gasteiger partial charge >= 0.3 is 5.97 Å². The molecule has 1 aliphatic carbocycles. The second-order valence-electron chi connectivity index (χ2n) is 9.22. The van der Waals surface area contributed by atoms with Gasteiger partial charge in [0, 0.05) is 19.6 Å². The molecule has 0 radical (unpaired) electrons. The maximum absolute atomic E-state index is 11.1. The number of nitriles is 2. The zero-order valence-corrected chi connectivity index (χ0v) is 22.6. The normalized spacial score (nSPS) is 14.7. The molecule has 204 valence electrons. The van der Waals surface area contributed by atoms with Crippen molar-refractivity contribution in [1.82, 2.24) is 9.97 Å². The Hall–Kier alpha value is -5.25. The number of carbonyl (C=O) groups is 1. The van der Waals surface area contributed by atoms with E-state index in [4.69, 9.17) is 23.9 Å². The third-order valence-corrected chi connectivity index (χ3v) is 6.84. The molecule has 1 aliphatic rings. The van der Waals surface area contributed by atoms with Gasteiger partial charge in [-0.3, -0.25) is 4.79 Å². The molecule has 41 heavy (non-hydrogen) atoms. The van der Waals surface area contributed by atoms with Crippen molar-refractivity contribution in [2.75, 3.05) is 33.5 Å². The van der Waals surface area contributed by atoms with E-state index in [-0.39, 0.29) is 30.6 Å². The van der Waals surface area contributed by atoms with E-state index in [2.05, 4.69) is 4.98 Å². The lowest BCUT2D eigenvalue weighted by Gasteiger charge is -2.32. The molecule has 9 heteroatoms. The number of methoxy groups -OCH3 is 1. The summed E-state index contributed by atoms with van der Waals surface area (Å²) in [6.07, 6.45) is 0. The smallest absolute Gasteiger partial charge is 0.302 e. The number of hydrogen-bond acceptors (Lipinski definition) is 9. The number of benzene rings is 3. The topological polar surface area (TPSA) is 127 Å². The fraction of sp³-hybridized carbons (Fsp3) is 0.219. The summed E-state index contributed by atoms with van der Waals surface area (Å²) in [7, 11) is 1.62. The van der Waals surface area contributed by atoms with Gasteiger partial charge in [-0.05, 0) is 41.0 Å². The van der Waals surface area contributed by atoms with Crippen LogP contribution in [0.15, 0.2) is 72.8 Å². The van der Waals surface area contributed by atoms with Crippen LogP contribution in [0, 0.1) is 22.7 Å². The van der Waals surface area contributed by atoms with E-state index >= 15 is 0 Å². The van der Waals surface area contributed by atoms with Crippen molar-refractivity contribution in [2.45, 2.75) is 12.3 Å². The van der Waals surface area contributed by atoms with Gasteiger partial charge in [0.05, 0.1) is 23.4 Å². The first-order chi connectivity index (χ1) is 20.0. The van der Waals surface area contributed by atoms with Gasteiger partial charge in [-0.25, -0.2) is 9.97 Å². The van der Waals surface area contributed by atoms with Crippen LogP contribution >= 0.6 is 0 Å². The highest BCUT2D eigenvalue weighted by atomic mass is 16.6. The quantitative estimate of drug-likeness (QED) is 0.183. The molecule has 9 nitrogen and oxygen atoms in total. The van der Waals surface area contributed by atoms with Gasteiger partial charge in [0.15, 0.2) is 11.4 Å². The molecular weight excluding hydrogens is 520 g/mol. The van der Waals surface area contributed by atoms with Crippen LogP contribution in [0.1, 0.15) is 40.7 Å². The summed E-state index contributed by atoms with van der Waals surface area (Å²) < 4.78 is 21.6. The number of hydrogen-bond donors (Lipinski definition) is 0. The van der Waals surface area contributed by atoms with Crippen LogP contribution in [0.5, 0.6) is 11.5 Å². The number of esters is 1. The Morgan fingerprint density at radius 2 is 1.34 bits per heavy atom. The van der Waals surface area contributed by atoms with Crippen LogP contribution in [0.25, 0.3) is 11.3 Å². The average Bonchev–Trinajstić information content (AvgIpc) is 3.29. The summed E-state index contributed by atoms with van der Waals surface area (Å²) >= 11 is 0. The predicted molar refractivity (Wildman–Crippen MR) is 148 cm³/mol. The van der Waals surface area contributed by atoms with Crippen LogP contribution in [0.2, 0.25) is 0 Å². The van der Waals surface area contributed by atoms with Crippen LogP contribution < -0.4 is 9.47 Å². The SMILES string of the molecule is COCCOc1ccc(C2(c3ccc(OCCOC(C)=O)cc3)c3ccccc3-c3nc(C#N)c(C#N)nc32)cc1. The van der Waals surface area contributed by atoms with Gasteiger partial charge in [-0.2, -0.15) is 10.5 Å². The number of carbonyl (C=O) groups excluding carboxylic acids is 1. The van der Waals surface area contributed by atoms with E-state index in [1.165, 1.54) is 6.92 Å². The Bertz CT molecular complexity index is 1660. The number of fused-ring (bicyclic) bond motifs is 3. The van der Waals surface area contributed by atoms with E-state index in [0.29, 0.717) is 36.1 Å². The standard InChI is InChI=1S/C32H26N4O5/c1-21(37)39-17-18-41-25-13-9-23(10-14-25)32(22-7-11-24(12-8-22)40-16-15-38-2)27-6-4-3-5-26(27)30-31(32)36-29(20-34)28(19-33)35-30/h3-14H,15-18H2,1-2H3. The predicted octanol–water partition coefficient (Wildman–Crippen LogP) is 4.55. The monoisotopic (exact) mass is 546 g/mol. The summed E-state index contributed by atoms with van der Waals surface area (Å²) in [5.41, 5.74) is 3.62. The molecule has 1 aromatic heterocycles. The Morgan fingerprint density at radius 3 is 1.90 bits per heavy atom. The number of aromatic nitrogens is 2. The maximum atomic E-state index is 11.1. The molecule has 0 saturated carbocycles. The van der Waals surface area contributed by atoms with Crippen molar-refractivity contribution in [1.29, 1.82) is 10.5 Å². The Balaban J connectivity index is 1.67. The van der Waals surface area contributed by atoms with Gasteiger partial charge in [-0.1, -0.05) is 48.5 Å². The Labute approximate surface area is 237 Å². The van der Waals surface area contributed by atoms with Crippen molar-refractivity contribution in [3.8, 4) is 34.9 Å². The van der Waals surface area contributed by atoms with Crippen LogP contribution in [0.3, 0.4) is 0 Å². The lowest BCUT2D eigenvalue weighted by atomic mass is 9.69. The molecule has 4 aromatic rings. The minimum Gasteiger partial charge on any atom is -0.491 e. The Morgan fingerprint density at radius 1 is 0.780 bits per heavy atom. The first-order valence-corrected chi connectivity index (χ1v) is 12.9. The lowest BCUT2D eigenvalue weighted by molar-refractivity contribution is -0.141. The average molecular weight is 547 g/mol. The molecule has 3 aromatic carbocycles. The fourth-order valence-electron chi connectivity index (χ4n) is 5.13. The Kier molecular flexibility index (Phi) is 7.91. The highest BCUT2D eigenvalue weighted by Gasteiger charge is 2.49. The second kappa shape index (κ2) is 11.9. The first-order valence-electron chi connectivity index (χ1n) is 12.9. The van der Waals surface area contributed by atoms with Gasteiger partial charge in [0.2, 0.25) is 0 Å². The van der Waals surface area contributed by atoms with Crippen molar-refractivity contribution < 1.29 is 23.7 Å². The molecule has 1 unspecified atom stereocenters. The molecule has 0 spiro atoms. The van der Waals surface area contributed by atoms with Gasteiger partial charge < -0.3 is 18.9 Å². The minimum atomic E-state index is -0.945. The molecule has 0 aliphatic heterocycles. The van der Waals surface area contributed by atoms with E-state index in [0.717, 1.165) is 22.3 Å². The van der Waals surface area contributed by atoms with Crippen LogP contribution in [-0.2, 0) is 19.7 Å². The maximum Gasteiger partial charge on any atom is 0.302 e. The minimum absolute atomic E-state index is 0.0183. The van der Waals surface area contributed by atoms with E-state index in [9.17, 15) is 15.3 Å².